The molecule has 3 rings (SSSR count). The summed E-state index contributed by atoms with van der Waals surface area (Å²) < 4.78 is 11.1. The lowest BCUT2D eigenvalue weighted by Crippen LogP contribution is -1.95. The highest BCUT2D eigenvalue weighted by Gasteiger charge is 2.11. The van der Waals surface area contributed by atoms with Crippen molar-refractivity contribution in [3.63, 3.8) is 0 Å². The third-order valence-corrected chi connectivity index (χ3v) is 4.05. The highest BCUT2D eigenvalue weighted by molar-refractivity contribution is 6.42. The molecule has 0 saturated carbocycles. The highest BCUT2D eigenvalue weighted by Crippen LogP contribution is 2.32. The van der Waals surface area contributed by atoms with Gasteiger partial charge in [-0.1, -0.05) is 29.3 Å². The predicted molar refractivity (Wildman–Crippen MR) is 93.0 cm³/mol. The van der Waals surface area contributed by atoms with Gasteiger partial charge in [0.1, 0.15) is 5.75 Å². The van der Waals surface area contributed by atoms with Crippen LogP contribution in [0.15, 0.2) is 47.0 Å². The molecule has 3 aromatic rings. The Bertz CT molecular complexity index is 846. The Morgan fingerprint density at radius 3 is 2.65 bits per heavy atom. The number of hydrogen-bond acceptors (Lipinski definition) is 4. The molecule has 0 spiro atoms. The Labute approximate surface area is 144 Å². The van der Waals surface area contributed by atoms with E-state index in [4.69, 9.17) is 32.4 Å². The number of nitrogens with zero attached hydrogens (tertiary/aromatic N) is 1. The average Bonchev–Trinajstić information content (AvgIpc) is 2.99. The predicted octanol–water partition coefficient (Wildman–Crippen LogP) is 5.71. The van der Waals surface area contributed by atoms with Gasteiger partial charge in [-0.3, -0.25) is 0 Å². The number of halogens is 2. The van der Waals surface area contributed by atoms with Gasteiger partial charge in [-0.2, -0.15) is 0 Å². The van der Waals surface area contributed by atoms with Gasteiger partial charge in [-0.15, -0.1) is 0 Å². The third kappa shape index (κ3) is 3.44. The fraction of sp³-hybridized carbons (Fsp3) is 0.118. The van der Waals surface area contributed by atoms with Crippen molar-refractivity contribution in [3.05, 3.63) is 58.2 Å². The molecule has 0 aliphatic rings. The molecular weight excluding hydrogens is 335 g/mol. The summed E-state index contributed by atoms with van der Waals surface area (Å²) in [6.45, 7) is 2.00. The Morgan fingerprint density at radius 1 is 1.09 bits per heavy atom. The van der Waals surface area contributed by atoms with E-state index in [0.29, 0.717) is 27.6 Å². The zero-order valence-electron chi connectivity index (χ0n) is 12.6. The zero-order chi connectivity index (χ0) is 16.4. The second kappa shape index (κ2) is 6.52. The molecule has 0 amide bonds. The first-order valence-corrected chi connectivity index (χ1v) is 7.65. The van der Waals surface area contributed by atoms with E-state index >= 15 is 0 Å². The van der Waals surface area contributed by atoms with Gasteiger partial charge < -0.3 is 14.5 Å². The van der Waals surface area contributed by atoms with E-state index < -0.39 is 0 Å². The zero-order valence-corrected chi connectivity index (χ0v) is 14.1. The Morgan fingerprint density at radius 2 is 1.91 bits per heavy atom. The smallest absolute Gasteiger partial charge is 0.299 e. The molecule has 1 heterocycles. The van der Waals surface area contributed by atoms with Crippen LogP contribution in [-0.2, 0) is 0 Å². The van der Waals surface area contributed by atoms with E-state index in [1.165, 1.54) is 0 Å². The summed E-state index contributed by atoms with van der Waals surface area (Å²) in [6, 6.07) is 11.5. The van der Waals surface area contributed by atoms with Crippen molar-refractivity contribution in [2.45, 2.75) is 6.92 Å². The van der Waals surface area contributed by atoms with Crippen molar-refractivity contribution >= 4 is 34.9 Å². The topological polar surface area (TPSA) is 47.3 Å². The molecule has 0 aliphatic carbocycles. The number of anilines is 2. The third-order valence-electron chi connectivity index (χ3n) is 3.31. The van der Waals surface area contributed by atoms with E-state index in [1.807, 2.05) is 31.2 Å². The minimum Gasteiger partial charge on any atom is -0.495 e. The van der Waals surface area contributed by atoms with Crippen LogP contribution in [0.5, 0.6) is 5.75 Å². The molecule has 0 atom stereocenters. The largest absolute Gasteiger partial charge is 0.495 e. The van der Waals surface area contributed by atoms with Gasteiger partial charge in [-0.25, -0.2) is 4.98 Å². The number of rotatable bonds is 4. The van der Waals surface area contributed by atoms with Crippen molar-refractivity contribution < 1.29 is 9.15 Å². The first kappa shape index (κ1) is 15.7. The summed E-state index contributed by atoms with van der Waals surface area (Å²) in [4.78, 5) is 4.24. The summed E-state index contributed by atoms with van der Waals surface area (Å²) in [5.41, 5.74) is 2.69. The van der Waals surface area contributed by atoms with Crippen molar-refractivity contribution in [1.29, 1.82) is 0 Å². The quantitative estimate of drug-likeness (QED) is 0.655. The summed E-state index contributed by atoms with van der Waals surface area (Å²) in [6.07, 6.45) is 1.63. The molecule has 0 aliphatic heterocycles. The van der Waals surface area contributed by atoms with Gasteiger partial charge in [0.2, 0.25) is 0 Å². The molecule has 1 N–H and O–H groups in total. The summed E-state index contributed by atoms with van der Waals surface area (Å²) in [5.74, 6) is 1.31. The van der Waals surface area contributed by atoms with Crippen molar-refractivity contribution in [2.24, 2.45) is 0 Å². The molecule has 23 heavy (non-hydrogen) atoms. The van der Waals surface area contributed by atoms with Crippen LogP contribution in [0.25, 0.3) is 11.3 Å². The van der Waals surface area contributed by atoms with E-state index in [2.05, 4.69) is 10.3 Å². The standard InChI is InChI=1S/C17H14Cl2N2O2/c1-10-3-6-15(22-2)14(7-10)21-17-20-9-16(23-17)11-4-5-12(18)13(19)8-11/h3-9H,1-2H3,(H,20,21). The van der Waals surface area contributed by atoms with Gasteiger partial charge in [0.05, 0.1) is 29.0 Å². The van der Waals surface area contributed by atoms with Crippen molar-refractivity contribution in [2.75, 3.05) is 12.4 Å². The van der Waals surface area contributed by atoms with Crippen molar-refractivity contribution in [1.82, 2.24) is 4.98 Å². The SMILES string of the molecule is COc1ccc(C)cc1Nc1ncc(-c2ccc(Cl)c(Cl)c2)o1. The molecule has 6 heteroatoms. The van der Waals surface area contributed by atoms with Crippen molar-refractivity contribution in [3.8, 4) is 17.1 Å². The monoisotopic (exact) mass is 348 g/mol. The first-order valence-electron chi connectivity index (χ1n) is 6.90. The number of aryl methyl sites for hydroxylation is 1. The maximum atomic E-state index is 6.03. The number of ether oxygens (including phenoxy) is 1. The molecule has 0 saturated heterocycles. The summed E-state index contributed by atoms with van der Waals surface area (Å²) >= 11 is 12.0. The minimum atomic E-state index is 0.370. The van der Waals surface area contributed by atoms with Crippen LogP contribution in [0.1, 0.15) is 5.56 Å². The van der Waals surface area contributed by atoms with Gasteiger partial charge >= 0.3 is 0 Å². The molecule has 4 nitrogen and oxygen atoms in total. The van der Waals surface area contributed by atoms with Crippen LogP contribution in [0.4, 0.5) is 11.7 Å². The number of aromatic nitrogens is 1. The molecule has 118 valence electrons. The molecule has 0 bridgehead atoms. The lowest BCUT2D eigenvalue weighted by atomic mass is 10.2. The molecule has 2 aromatic carbocycles. The number of nitrogens with one attached hydrogen (secondary N) is 1. The fourth-order valence-electron chi connectivity index (χ4n) is 2.15. The normalized spacial score (nSPS) is 10.6. The number of methoxy groups -OCH3 is 1. The van der Waals surface area contributed by atoms with Crippen LogP contribution in [-0.4, -0.2) is 12.1 Å². The first-order chi connectivity index (χ1) is 11.1. The molecule has 0 fully saturated rings. The second-order valence-corrected chi connectivity index (χ2v) is 5.80. The molecule has 1 aromatic heterocycles. The maximum Gasteiger partial charge on any atom is 0.299 e. The van der Waals surface area contributed by atoms with Crippen LogP contribution in [0.2, 0.25) is 10.0 Å². The van der Waals surface area contributed by atoms with Gasteiger partial charge in [0, 0.05) is 5.56 Å². The van der Waals surface area contributed by atoms with Crippen LogP contribution < -0.4 is 10.1 Å². The minimum absolute atomic E-state index is 0.370. The van der Waals surface area contributed by atoms with E-state index in [-0.39, 0.29) is 0 Å². The summed E-state index contributed by atoms with van der Waals surface area (Å²) in [7, 11) is 1.62. The van der Waals surface area contributed by atoms with Crippen LogP contribution in [0.3, 0.4) is 0 Å². The van der Waals surface area contributed by atoms with E-state index in [9.17, 15) is 0 Å². The fourth-order valence-corrected chi connectivity index (χ4v) is 2.45. The number of oxazole rings is 1. The van der Waals surface area contributed by atoms with Crippen LogP contribution >= 0.6 is 23.2 Å². The summed E-state index contributed by atoms with van der Waals surface area (Å²) in [5, 5.41) is 4.08. The average molecular weight is 349 g/mol. The van der Waals surface area contributed by atoms with Gasteiger partial charge in [0.25, 0.3) is 6.01 Å². The second-order valence-electron chi connectivity index (χ2n) is 4.99. The molecule has 0 radical (unpaired) electrons. The number of benzene rings is 2. The lowest BCUT2D eigenvalue weighted by molar-refractivity contribution is 0.416. The van der Waals surface area contributed by atoms with E-state index in [0.717, 1.165) is 16.8 Å². The van der Waals surface area contributed by atoms with Gasteiger partial charge in [-0.05, 0) is 42.8 Å². The Kier molecular flexibility index (Phi) is 4.46. The Balaban J connectivity index is 1.88. The van der Waals surface area contributed by atoms with Crippen LogP contribution in [0, 0.1) is 6.92 Å². The lowest BCUT2D eigenvalue weighted by Gasteiger charge is -2.09. The maximum absolute atomic E-state index is 6.03. The molecule has 0 unspecified atom stereocenters. The highest BCUT2D eigenvalue weighted by atomic mass is 35.5. The molecular formula is C17H14Cl2N2O2. The van der Waals surface area contributed by atoms with E-state index in [1.54, 1.807) is 25.4 Å². The number of hydrogen-bond donors (Lipinski definition) is 1. The Hall–Kier alpha value is -2.17. The van der Waals surface area contributed by atoms with Gasteiger partial charge in [0.15, 0.2) is 5.76 Å².